The molecule has 0 aliphatic rings. The van der Waals surface area contributed by atoms with E-state index in [9.17, 15) is 4.79 Å². The Morgan fingerprint density at radius 1 is 1.30 bits per heavy atom. The highest BCUT2D eigenvalue weighted by atomic mass is 32.1. The zero-order valence-corrected chi connectivity index (χ0v) is 16.6. The smallest absolute Gasteiger partial charge is 0.271 e. The van der Waals surface area contributed by atoms with Crippen LogP contribution in [0, 0.1) is 13.8 Å². The Labute approximate surface area is 162 Å². The molecule has 0 fully saturated rings. The monoisotopic (exact) mass is 382 g/mol. The second kappa shape index (κ2) is 8.18. The molecule has 0 unspecified atom stereocenters. The molecule has 2 heterocycles. The molecule has 7 heteroatoms. The van der Waals surface area contributed by atoms with Crippen LogP contribution in [0.25, 0.3) is 5.13 Å². The first kappa shape index (κ1) is 18.8. The fourth-order valence-electron chi connectivity index (χ4n) is 2.72. The lowest BCUT2D eigenvalue weighted by atomic mass is 10.2. The summed E-state index contributed by atoms with van der Waals surface area (Å²) in [7, 11) is 0. The Morgan fingerprint density at radius 2 is 2.04 bits per heavy atom. The van der Waals surface area contributed by atoms with Crippen LogP contribution >= 0.6 is 11.3 Å². The molecule has 0 saturated heterocycles. The molecule has 0 atom stereocenters. The quantitative estimate of drug-likeness (QED) is 0.515. The molecule has 0 saturated carbocycles. The third kappa shape index (κ3) is 4.43. The third-order valence-corrected chi connectivity index (χ3v) is 4.70. The summed E-state index contributed by atoms with van der Waals surface area (Å²) in [5.41, 5.74) is 6.11. The van der Waals surface area contributed by atoms with Crippen LogP contribution in [-0.2, 0) is 0 Å². The van der Waals surface area contributed by atoms with Crippen molar-refractivity contribution in [3.8, 4) is 10.9 Å². The highest BCUT2D eigenvalue weighted by Gasteiger charge is 2.11. The van der Waals surface area contributed by atoms with Crippen LogP contribution in [0.4, 0.5) is 0 Å². The number of carbonyl (C=O) groups is 1. The summed E-state index contributed by atoms with van der Waals surface area (Å²) in [4.78, 5) is 16.6. The molecule has 0 bridgehead atoms. The van der Waals surface area contributed by atoms with E-state index in [1.807, 2.05) is 39.1 Å². The van der Waals surface area contributed by atoms with Crippen molar-refractivity contribution in [3.63, 3.8) is 0 Å². The summed E-state index contributed by atoms with van der Waals surface area (Å²) >= 11 is 1.58. The summed E-state index contributed by atoms with van der Waals surface area (Å²) in [6.07, 6.45) is 3.53. The van der Waals surface area contributed by atoms with Crippen LogP contribution < -0.4 is 10.2 Å². The van der Waals surface area contributed by atoms with E-state index >= 15 is 0 Å². The molecule has 0 spiro atoms. The van der Waals surface area contributed by atoms with Gasteiger partial charge in [0.15, 0.2) is 5.13 Å². The van der Waals surface area contributed by atoms with E-state index in [1.165, 1.54) is 0 Å². The molecule has 1 amide bonds. The highest BCUT2D eigenvalue weighted by molar-refractivity contribution is 7.12. The number of hydrazone groups is 1. The van der Waals surface area contributed by atoms with Gasteiger partial charge in [0.2, 0.25) is 0 Å². The van der Waals surface area contributed by atoms with E-state index in [4.69, 9.17) is 4.74 Å². The number of hydrogen-bond donors (Lipinski definition) is 1. The van der Waals surface area contributed by atoms with Gasteiger partial charge in [0, 0.05) is 34.1 Å². The molecule has 3 aromatic rings. The van der Waals surface area contributed by atoms with Crippen molar-refractivity contribution in [1.29, 1.82) is 0 Å². The van der Waals surface area contributed by atoms with Crippen molar-refractivity contribution in [2.45, 2.75) is 33.8 Å². The number of aromatic nitrogens is 2. The maximum absolute atomic E-state index is 12.2. The molecule has 1 N–H and O–H groups in total. The number of benzene rings is 1. The molecule has 27 heavy (non-hydrogen) atoms. The number of amides is 1. The lowest BCUT2D eigenvalue weighted by molar-refractivity contribution is 0.0955. The fourth-order valence-corrected chi connectivity index (χ4v) is 3.47. The van der Waals surface area contributed by atoms with Crippen LogP contribution in [0.2, 0.25) is 0 Å². The number of nitrogens with zero attached hydrogens (tertiary/aromatic N) is 3. The molecule has 0 aliphatic carbocycles. The van der Waals surface area contributed by atoms with Crippen LogP contribution in [0.5, 0.6) is 5.75 Å². The molecule has 0 radical (unpaired) electrons. The van der Waals surface area contributed by atoms with Crippen LogP contribution in [0.15, 0.2) is 47.0 Å². The Bertz CT molecular complexity index is 941. The minimum atomic E-state index is -0.268. The minimum absolute atomic E-state index is 0.0951. The number of thiazole rings is 1. The van der Waals surface area contributed by atoms with E-state index in [-0.39, 0.29) is 12.0 Å². The first-order valence-corrected chi connectivity index (χ1v) is 9.52. The van der Waals surface area contributed by atoms with Crippen molar-refractivity contribution in [1.82, 2.24) is 15.0 Å². The van der Waals surface area contributed by atoms with Crippen molar-refractivity contribution in [2.24, 2.45) is 5.10 Å². The number of hydrogen-bond acceptors (Lipinski definition) is 5. The summed E-state index contributed by atoms with van der Waals surface area (Å²) < 4.78 is 7.65. The lowest BCUT2D eigenvalue weighted by Crippen LogP contribution is -2.17. The molecule has 2 aromatic heterocycles. The van der Waals surface area contributed by atoms with Gasteiger partial charge in [0.1, 0.15) is 5.75 Å². The van der Waals surface area contributed by atoms with E-state index in [0.717, 1.165) is 27.8 Å². The van der Waals surface area contributed by atoms with Gasteiger partial charge in [0.25, 0.3) is 5.91 Å². The van der Waals surface area contributed by atoms with Crippen molar-refractivity contribution >= 4 is 23.5 Å². The predicted octanol–water partition coefficient (Wildman–Crippen LogP) is 4.10. The SMILES string of the molecule is Cc1cc(/C=N\NC(=O)c2ccc(OC(C)C)cc2)c(C)n1-c1nccs1. The maximum atomic E-state index is 12.2. The highest BCUT2D eigenvalue weighted by Crippen LogP contribution is 2.21. The minimum Gasteiger partial charge on any atom is -0.491 e. The van der Waals surface area contributed by atoms with Gasteiger partial charge in [-0.1, -0.05) is 0 Å². The van der Waals surface area contributed by atoms with Crippen LogP contribution in [0.1, 0.15) is 41.2 Å². The van der Waals surface area contributed by atoms with Gasteiger partial charge in [0.05, 0.1) is 12.3 Å². The van der Waals surface area contributed by atoms with E-state index < -0.39 is 0 Å². The van der Waals surface area contributed by atoms with Gasteiger partial charge >= 0.3 is 0 Å². The number of rotatable bonds is 6. The van der Waals surface area contributed by atoms with Crippen LogP contribution in [0.3, 0.4) is 0 Å². The fraction of sp³-hybridized carbons (Fsp3) is 0.250. The Morgan fingerprint density at radius 3 is 2.67 bits per heavy atom. The van der Waals surface area contributed by atoms with Crippen molar-refractivity contribution in [2.75, 3.05) is 0 Å². The lowest BCUT2D eigenvalue weighted by Gasteiger charge is -2.09. The second-order valence-electron chi connectivity index (χ2n) is 6.37. The Kier molecular flexibility index (Phi) is 5.71. The Hall–Kier alpha value is -2.93. The standard InChI is InChI=1S/C20H22N4O2S/c1-13(2)26-18-7-5-16(6-8-18)19(25)23-22-12-17-11-14(3)24(15(17)4)20-21-9-10-27-20/h5-13H,1-4H3,(H,23,25)/b22-12-. The Balaban J connectivity index is 1.67. The van der Waals surface area contributed by atoms with Gasteiger partial charge in [-0.25, -0.2) is 10.4 Å². The van der Waals surface area contributed by atoms with Crippen LogP contribution in [-0.4, -0.2) is 27.8 Å². The number of aryl methyl sites for hydroxylation is 1. The van der Waals surface area contributed by atoms with Crippen molar-refractivity contribution in [3.05, 3.63) is 64.4 Å². The number of carbonyl (C=O) groups excluding carboxylic acids is 1. The second-order valence-corrected chi connectivity index (χ2v) is 7.24. The molecule has 3 rings (SSSR count). The van der Waals surface area contributed by atoms with Crippen molar-refractivity contribution < 1.29 is 9.53 Å². The topological polar surface area (TPSA) is 68.5 Å². The summed E-state index contributed by atoms with van der Waals surface area (Å²) in [5, 5.41) is 6.96. The van der Waals surface area contributed by atoms with E-state index in [1.54, 1.807) is 48.0 Å². The molecule has 0 aliphatic heterocycles. The largest absolute Gasteiger partial charge is 0.491 e. The van der Waals surface area contributed by atoms with Gasteiger partial charge in [-0.3, -0.25) is 9.36 Å². The third-order valence-electron chi connectivity index (χ3n) is 3.94. The maximum Gasteiger partial charge on any atom is 0.271 e. The first-order valence-electron chi connectivity index (χ1n) is 8.64. The molecule has 140 valence electrons. The first-order chi connectivity index (χ1) is 13.0. The molecular weight excluding hydrogens is 360 g/mol. The van der Waals surface area contributed by atoms with E-state index in [2.05, 4.69) is 20.1 Å². The zero-order valence-electron chi connectivity index (χ0n) is 15.8. The molecule has 6 nitrogen and oxygen atoms in total. The summed E-state index contributed by atoms with van der Waals surface area (Å²) in [6, 6.07) is 9.01. The molecular formula is C20H22N4O2S. The zero-order chi connectivity index (χ0) is 19.4. The summed E-state index contributed by atoms with van der Waals surface area (Å²) in [5.74, 6) is 0.468. The molecule has 1 aromatic carbocycles. The average molecular weight is 382 g/mol. The number of nitrogens with one attached hydrogen (secondary N) is 1. The average Bonchev–Trinajstić information content (AvgIpc) is 3.23. The van der Waals surface area contributed by atoms with Gasteiger partial charge < -0.3 is 4.74 Å². The van der Waals surface area contributed by atoms with Gasteiger partial charge in [-0.05, 0) is 58.0 Å². The summed E-state index contributed by atoms with van der Waals surface area (Å²) in [6.45, 7) is 7.94. The van der Waals surface area contributed by atoms with Gasteiger partial charge in [-0.2, -0.15) is 5.10 Å². The number of ether oxygens (including phenoxy) is 1. The predicted molar refractivity (Wildman–Crippen MR) is 108 cm³/mol. The van der Waals surface area contributed by atoms with E-state index in [0.29, 0.717) is 5.56 Å². The normalized spacial score (nSPS) is 11.3. The van der Waals surface area contributed by atoms with Gasteiger partial charge in [-0.15, -0.1) is 11.3 Å².